The molecule has 6 fully saturated rings. The van der Waals surface area contributed by atoms with Gasteiger partial charge < -0.3 is 56.5 Å². The summed E-state index contributed by atoms with van der Waals surface area (Å²) in [5.41, 5.74) is 30.1. The van der Waals surface area contributed by atoms with Gasteiger partial charge in [0.2, 0.25) is 5.79 Å². The van der Waals surface area contributed by atoms with Gasteiger partial charge in [0.1, 0.15) is 106 Å². The maximum Gasteiger partial charge on any atom is 0.244 e. The van der Waals surface area contributed by atoms with Crippen LogP contribution in [0.1, 0.15) is 215 Å². The van der Waals surface area contributed by atoms with Crippen LogP contribution in [0.25, 0.3) is 33.9 Å². The van der Waals surface area contributed by atoms with Crippen molar-refractivity contribution < 1.29 is 59.9 Å². The Morgan fingerprint density at radius 3 is 0.943 bits per heavy atom. The summed E-state index contributed by atoms with van der Waals surface area (Å²) in [5, 5.41) is 37.9. The number of alkyl halides is 6. The van der Waals surface area contributed by atoms with Crippen LogP contribution in [0.5, 0.6) is 0 Å². The molecule has 6 saturated heterocycles. The first-order chi connectivity index (χ1) is 58.2. The predicted molar refractivity (Wildman–Crippen MR) is 445 cm³/mol. The second-order valence-electron chi connectivity index (χ2n) is 31.8. The Morgan fingerprint density at radius 1 is 0.369 bits per heavy atom. The number of aryl methyl sites for hydroxylation is 5. The van der Waals surface area contributed by atoms with Crippen molar-refractivity contribution in [3.8, 4) is 0 Å². The first kappa shape index (κ1) is 90.3. The number of thioether (sulfide) groups is 2. The van der Waals surface area contributed by atoms with Crippen molar-refractivity contribution in [1.82, 2.24) is 113 Å². The number of hydrogen-bond donors (Lipinski definition) is 5. The number of imidazole rings is 6. The zero-order valence-electron chi connectivity index (χ0n) is 71.7. The fourth-order valence-electron chi connectivity index (χ4n) is 16.9. The minimum absolute atomic E-state index is 0.0569. The lowest BCUT2D eigenvalue weighted by Gasteiger charge is -2.24. The molecule has 42 heteroatoms. The van der Waals surface area contributed by atoms with Crippen LogP contribution in [-0.2, 0) is 34.2 Å². The van der Waals surface area contributed by atoms with E-state index >= 15 is 0 Å². The molecule has 24 atom stereocenters. The van der Waals surface area contributed by atoms with Gasteiger partial charge in [-0.3, -0.25) is 0 Å². The van der Waals surface area contributed by atoms with Gasteiger partial charge >= 0.3 is 0 Å². The topological polar surface area (TPSA) is 425 Å². The molecule has 0 unspecified atom stereocenters. The van der Waals surface area contributed by atoms with Crippen LogP contribution in [-0.4, -0.2) is 204 Å². The summed E-state index contributed by atoms with van der Waals surface area (Å²) in [7, 11) is 0. The quantitative estimate of drug-likeness (QED) is 0.0498. The van der Waals surface area contributed by atoms with E-state index in [9.17, 15) is 31.4 Å². The molecular weight excluding hydrogens is 1630 g/mol. The third-order valence-corrected chi connectivity index (χ3v) is 25.1. The fraction of sp³-hybridized carbons (Fsp3) is 0.613. The third kappa shape index (κ3) is 17.0. The number of halogens is 6. The molecule has 0 amide bonds. The van der Waals surface area contributed by atoms with E-state index in [0.29, 0.717) is 109 Å². The molecule has 122 heavy (non-hydrogen) atoms. The van der Waals surface area contributed by atoms with Gasteiger partial charge in [0.25, 0.3) is 0 Å². The van der Waals surface area contributed by atoms with Crippen LogP contribution in [0.2, 0.25) is 0 Å². The van der Waals surface area contributed by atoms with Gasteiger partial charge in [-0.05, 0) is 91.7 Å². The highest BCUT2D eigenvalue weighted by molar-refractivity contribution is 7.99. The number of aliphatic hydroxyl groups is 1. The minimum Gasteiger partial charge on any atom is -0.396 e. The molecule has 0 radical (unpaired) electrons. The molecule has 660 valence electrons. The highest BCUT2D eigenvalue weighted by Gasteiger charge is 2.56. The number of rotatable bonds is 14. The van der Waals surface area contributed by atoms with Crippen LogP contribution in [0.4, 0.5) is 49.5 Å². The van der Waals surface area contributed by atoms with Crippen molar-refractivity contribution in [3.63, 3.8) is 0 Å². The molecule has 6 aliphatic heterocycles. The lowest BCUT2D eigenvalue weighted by Crippen LogP contribution is -2.37. The number of ether oxygens (including phenoxy) is 6. The molecule has 0 aliphatic carbocycles. The largest absolute Gasteiger partial charge is 0.396 e. The molecule has 6 aliphatic rings. The summed E-state index contributed by atoms with van der Waals surface area (Å²) in [4.78, 5) is 46.2. The predicted octanol–water partition coefficient (Wildman–Crippen LogP) is 12.7. The average molecular weight is 1740 g/mol. The summed E-state index contributed by atoms with van der Waals surface area (Å²) in [6, 6.07) is 1.67. The molecular formula is C80H109F6N27O7S2. The third-order valence-electron chi connectivity index (χ3n) is 23.8. The summed E-state index contributed by atoms with van der Waals surface area (Å²) in [5.74, 6) is 0.476. The van der Waals surface area contributed by atoms with Gasteiger partial charge in [-0.1, -0.05) is 83.1 Å². The Bertz CT molecular complexity index is 5380. The molecule has 18 rings (SSSR count). The molecule has 12 aromatic heterocycles. The maximum absolute atomic E-state index is 14.7. The van der Waals surface area contributed by atoms with Gasteiger partial charge in [-0.2, -0.15) is 30.6 Å². The second-order valence-corrected chi connectivity index (χ2v) is 33.4. The molecule has 0 spiro atoms. The smallest absolute Gasteiger partial charge is 0.244 e. The van der Waals surface area contributed by atoms with E-state index in [2.05, 4.69) is 85.4 Å². The van der Waals surface area contributed by atoms with E-state index in [1.54, 1.807) is 100 Å². The number of nitrogens with two attached hydrogens (primary N) is 4. The van der Waals surface area contributed by atoms with Crippen molar-refractivity contribution in [3.05, 3.63) is 113 Å². The number of hydrogen-bond acceptors (Lipinski definition) is 30. The Balaban J connectivity index is 0.000000126. The SMILES string of the molecule is CC[C@H]1O[C@@H](c2cnc3c(N)ccnn23)[C@H](F)[C@@H]1C.CC[C@H]1O[C@@H](c2cnc3c(N)nc(C)nn23)[C@H](F)[C@@H]1C.CC[C@H]1O[C@@H](c2cnc3c(N)nc(C)nn23)[C@H](F)[C@@H]1C.CC[C@H]1O[C@@H](c2cnc3c(N)nc(C)nn23)[C@H](F)[C@@H]1C.CC[C@H]1O[C@@H](c2cnc3c(SC)nc(C)nn23)[C@H](F)[C@@H]1C.CC[C@H]1O[C@@](O)(c2cnc3c(SC)nc(C)nn23)[C@H](F)[C@@H]1C. The summed E-state index contributed by atoms with van der Waals surface area (Å²) in [6.45, 7) is 31.8. The molecule has 12 aromatic rings. The maximum atomic E-state index is 14.7. The van der Waals surface area contributed by atoms with Gasteiger partial charge in [0, 0.05) is 35.5 Å². The first-order valence-electron chi connectivity index (χ1n) is 41.3. The van der Waals surface area contributed by atoms with Gasteiger partial charge in [0.15, 0.2) is 57.5 Å². The molecule has 18 heterocycles. The monoisotopic (exact) mass is 1740 g/mol. The van der Waals surface area contributed by atoms with Crippen molar-refractivity contribution in [2.75, 3.05) is 35.4 Å². The number of fused-ring (bicyclic) bond motifs is 6. The standard InChI is InChI=1S/C14H19FN4O2S.C14H19FN4OS.3C13H18FN5O.C13H17FN4O/c1-5-9-7(2)11(15)14(20,21-9)10-6-16-12-13(22-4)17-8(3)18-19(10)12;1-5-10-7(2)11(15)12(20-10)9-6-16-13-14(21-4)17-8(3)18-19(9)13;3*1-4-9-6(2)10(14)11(20-9)8-5-16-13-12(15)17-7(3)18-19(8)13;1-3-10-7(2)11(14)12(19-10)9-6-16-13-8(15)4-5-17-18(9)13/h6-7,9,11,20H,5H2,1-4H3;6-7,10-12H,5H2,1-4H3;3*5-6,9-11H,4H2,1-3H3,(H2,15,17,18);4-7,10-12H,3,15H2,1-2H3/t7-,9-,11-,14+;7-,10-,11-,12+;3*6-,9-,10-,11+;7-,10-,11-,12+/m111111/s1. The Labute approximate surface area is 709 Å². The van der Waals surface area contributed by atoms with E-state index in [-0.39, 0.29) is 89.4 Å². The average Bonchev–Trinajstić information content (AvgIpc) is 1.58. The minimum atomic E-state index is -2.03. The molecule has 9 N–H and O–H groups in total. The zero-order valence-corrected chi connectivity index (χ0v) is 73.3. The number of nitrogen functional groups attached to an aromatic ring is 4. The van der Waals surface area contributed by atoms with Crippen LogP contribution in [0.3, 0.4) is 0 Å². The lowest BCUT2D eigenvalue weighted by molar-refractivity contribution is -0.227. The normalized spacial score (nSPS) is 30.5. The van der Waals surface area contributed by atoms with Crippen LogP contribution in [0, 0.1) is 70.1 Å². The summed E-state index contributed by atoms with van der Waals surface area (Å²) < 4.78 is 131. The molecule has 34 nitrogen and oxygen atoms in total. The second kappa shape index (κ2) is 37.2. The highest BCUT2D eigenvalue weighted by Crippen LogP contribution is 2.48. The van der Waals surface area contributed by atoms with Crippen molar-refractivity contribution in [1.29, 1.82) is 0 Å². The van der Waals surface area contributed by atoms with Crippen molar-refractivity contribution in [2.45, 2.75) is 276 Å². The number of nitrogens with zero attached hydrogens (tertiary/aromatic N) is 23. The van der Waals surface area contributed by atoms with E-state index in [1.165, 1.54) is 34.2 Å². The highest BCUT2D eigenvalue weighted by atomic mass is 32.2. The first-order valence-corrected chi connectivity index (χ1v) is 43.7. The number of aromatic nitrogens is 23. The van der Waals surface area contributed by atoms with Gasteiger partial charge in [-0.25, -0.2) is 108 Å². The molecule has 0 aromatic carbocycles. The van der Waals surface area contributed by atoms with E-state index in [4.69, 9.17) is 51.4 Å². The van der Waals surface area contributed by atoms with E-state index < -0.39 is 79.3 Å². The van der Waals surface area contributed by atoms with Gasteiger partial charge in [0.05, 0.1) is 114 Å². The Hall–Kier alpha value is -9.43. The van der Waals surface area contributed by atoms with Crippen molar-refractivity contribution >= 4 is 80.5 Å². The summed E-state index contributed by atoms with van der Waals surface area (Å²) >= 11 is 2.93. The number of anilines is 4. The fourth-order valence-corrected chi connectivity index (χ4v) is 18.0. The van der Waals surface area contributed by atoms with E-state index in [1.807, 2.05) is 95.6 Å². The lowest BCUT2D eigenvalue weighted by atomic mass is 9.95. The van der Waals surface area contributed by atoms with Gasteiger partial charge in [-0.15, -0.1) is 23.5 Å². The Kier molecular flexibility index (Phi) is 27.5. The van der Waals surface area contributed by atoms with Crippen LogP contribution >= 0.6 is 23.5 Å². The zero-order chi connectivity index (χ0) is 88.1. The van der Waals surface area contributed by atoms with Crippen LogP contribution < -0.4 is 22.9 Å². The van der Waals surface area contributed by atoms with E-state index in [0.717, 1.165) is 37.1 Å². The Morgan fingerprint density at radius 2 is 0.639 bits per heavy atom. The molecule has 0 saturated carbocycles. The van der Waals surface area contributed by atoms with Crippen LogP contribution in [0.15, 0.2) is 59.5 Å². The summed E-state index contributed by atoms with van der Waals surface area (Å²) in [6.07, 6.45) is 8.62. The van der Waals surface area contributed by atoms with Crippen molar-refractivity contribution in [2.24, 2.45) is 35.5 Å². The molecule has 0 bridgehead atoms.